The van der Waals surface area contributed by atoms with E-state index >= 15 is 0 Å². The standard InChI is InChI=1S/C13H17Cl2NO4S/c1-13(2,3)6-7-21(19,20)16-11-9(15)5-4-8(14)10(11)12(17)18/h4-5,16H,6-7H2,1-3H3,(H,17,18). The van der Waals surface area contributed by atoms with E-state index in [4.69, 9.17) is 28.3 Å². The van der Waals surface area contributed by atoms with E-state index in [9.17, 15) is 13.2 Å². The molecule has 0 bridgehead atoms. The molecule has 1 rings (SSSR count). The van der Waals surface area contributed by atoms with E-state index in [0.717, 1.165) is 0 Å². The summed E-state index contributed by atoms with van der Waals surface area (Å²) in [6.07, 6.45) is 0.420. The molecule has 2 N–H and O–H groups in total. The summed E-state index contributed by atoms with van der Waals surface area (Å²) in [7, 11) is -3.72. The minimum atomic E-state index is -3.72. The molecule has 8 heteroatoms. The molecule has 0 aliphatic heterocycles. The molecule has 0 unspecified atom stereocenters. The van der Waals surface area contributed by atoms with Crippen LogP contribution in [0.1, 0.15) is 37.6 Å². The van der Waals surface area contributed by atoms with Crippen molar-refractivity contribution in [2.24, 2.45) is 5.41 Å². The van der Waals surface area contributed by atoms with Gasteiger partial charge in [-0.1, -0.05) is 44.0 Å². The molecule has 0 fully saturated rings. The number of carboxylic acids is 1. The second kappa shape index (κ2) is 6.42. The number of hydrogen-bond donors (Lipinski definition) is 2. The third kappa shape index (κ3) is 5.37. The Balaban J connectivity index is 3.13. The van der Waals surface area contributed by atoms with Gasteiger partial charge >= 0.3 is 5.97 Å². The Morgan fingerprint density at radius 1 is 1.24 bits per heavy atom. The number of halogens is 2. The molecule has 0 atom stereocenters. The van der Waals surface area contributed by atoms with Crippen molar-refractivity contribution in [1.29, 1.82) is 0 Å². The van der Waals surface area contributed by atoms with E-state index in [1.165, 1.54) is 12.1 Å². The molecule has 0 aromatic heterocycles. The first kappa shape index (κ1) is 18.1. The van der Waals surface area contributed by atoms with Gasteiger partial charge in [-0.25, -0.2) is 13.2 Å². The monoisotopic (exact) mass is 353 g/mol. The predicted molar refractivity (Wildman–Crippen MR) is 84.9 cm³/mol. The van der Waals surface area contributed by atoms with Crippen molar-refractivity contribution in [3.63, 3.8) is 0 Å². The molecule has 0 heterocycles. The number of rotatable bonds is 5. The van der Waals surface area contributed by atoms with E-state index in [1.54, 1.807) is 0 Å². The molecule has 0 aliphatic carbocycles. The minimum absolute atomic E-state index is 0.0175. The summed E-state index contributed by atoms with van der Waals surface area (Å²) < 4.78 is 26.4. The van der Waals surface area contributed by atoms with Crippen molar-refractivity contribution in [3.05, 3.63) is 27.7 Å². The molecule has 0 amide bonds. The maximum Gasteiger partial charge on any atom is 0.339 e. The van der Waals surface area contributed by atoms with Gasteiger partial charge in [0.25, 0.3) is 0 Å². The van der Waals surface area contributed by atoms with Gasteiger partial charge in [-0.2, -0.15) is 0 Å². The van der Waals surface area contributed by atoms with Crippen LogP contribution in [0.15, 0.2) is 12.1 Å². The quantitative estimate of drug-likeness (QED) is 0.841. The lowest BCUT2D eigenvalue weighted by atomic mass is 9.94. The normalized spacial score (nSPS) is 12.2. The van der Waals surface area contributed by atoms with Crippen LogP contribution >= 0.6 is 23.2 Å². The summed E-state index contributed by atoms with van der Waals surface area (Å²) in [6.45, 7) is 5.74. The summed E-state index contributed by atoms with van der Waals surface area (Å²) in [5, 5.41) is 9.05. The molecule has 0 spiro atoms. The fourth-order valence-corrected chi connectivity index (χ4v) is 3.51. The first-order valence-electron chi connectivity index (χ1n) is 6.15. The smallest absolute Gasteiger partial charge is 0.339 e. The molecule has 0 radical (unpaired) electrons. The van der Waals surface area contributed by atoms with Crippen LogP contribution in [0.5, 0.6) is 0 Å². The highest BCUT2D eigenvalue weighted by molar-refractivity contribution is 7.92. The highest BCUT2D eigenvalue weighted by atomic mass is 35.5. The predicted octanol–water partition coefficient (Wildman–Crippen LogP) is 3.87. The summed E-state index contributed by atoms with van der Waals surface area (Å²) in [5.41, 5.74) is -0.725. The zero-order valence-electron chi connectivity index (χ0n) is 11.9. The Bertz CT molecular complexity index is 651. The maximum absolute atomic E-state index is 12.1. The summed E-state index contributed by atoms with van der Waals surface area (Å²) in [6, 6.07) is 2.65. The van der Waals surface area contributed by atoms with Crippen LogP contribution < -0.4 is 4.72 Å². The van der Waals surface area contributed by atoms with Crippen LogP contribution in [-0.2, 0) is 10.0 Å². The average molecular weight is 354 g/mol. The Morgan fingerprint density at radius 2 is 1.76 bits per heavy atom. The number of nitrogens with one attached hydrogen (secondary N) is 1. The fraction of sp³-hybridized carbons (Fsp3) is 0.462. The van der Waals surface area contributed by atoms with Crippen molar-refractivity contribution in [2.75, 3.05) is 10.5 Å². The Labute approximate surface area is 134 Å². The SMILES string of the molecule is CC(C)(C)CCS(=O)(=O)Nc1c(Cl)ccc(Cl)c1C(=O)O. The van der Waals surface area contributed by atoms with Gasteiger partial charge in [-0.15, -0.1) is 0 Å². The number of benzene rings is 1. The van der Waals surface area contributed by atoms with Crippen LogP contribution in [-0.4, -0.2) is 25.2 Å². The molecule has 1 aromatic carbocycles. The first-order valence-corrected chi connectivity index (χ1v) is 8.55. The van der Waals surface area contributed by atoms with Gasteiger partial charge in [0.05, 0.1) is 21.5 Å². The van der Waals surface area contributed by atoms with Gasteiger partial charge in [0, 0.05) is 0 Å². The molecule has 21 heavy (non-hydrogen) atoms. The molecule has 0 saturated carbocycles. The topological polar surface area (TPSA) is 83.5 Å². The fourth-order valence-electron chi connectivity index (χ4n) is 1.51. The van der Waals surface area contributed by atoms with E-state index in [-0.39, 0.29) is 32.5 Å². The lowest BCUT2D eigenvalue weighted by Gasteiger charge is -2.19. The molecule has 1 aromatic rings. The zero-order valence-corrected chi connectivity index (χ0v) is 14.2. The van der Waals surface area contributed by atoms with Crippen molar-refractivity contribution in [1.82, 2.24) is 0 Å². The summed E-state index contributed by atoms with van der Waals surface area (Å²) >= 11 is 11.7. The van der Waals surface area contributed by atoms with Crippen LogP contribution in [0.2, 0.25) is 10.0 Å². The lowest BCUT2D eigenvalue weighted by Crippen LogP contribution is -2.22. The van der Waals surface area contributed by atoms with Crippen LogP contribution in [0.4, 0.5) is 5.69 Å². The second-order valence-corrected chi connectivity index (χ2v) is 8.47. The largest absolute Gasteiger partial charge is 0.478 e. The Hall–Kier alpha value is -0.980. The number of sulfonamides is 1. The van der Waals surface area contributed by atoms with E-state index in [2.05, 4.69) is 4.72 Å². The molecular weight excluding hydrogens is 337 g/mol. The van der Waals surface area contributed by atoms with Gasteiger partial charge in [0.15, 0.2) is 0 Å². The number of anilines is 1. The highest BCUT2D eigenvalue weighted by Crippen LogP contribution is 2.33. The Morgan fingerprint density at radius 3 is 2.24 bits per heavy atom. The van der Waals surface area contributed by atoms with Crippen LogP contribution in [0.3, 0.4) is 0 Å². The van der Waals surface area contributed by atoms with E-state index in [0.29, 0.717) is 6.42 Å². The maximum atomic E-state index is 12.1. The molecular formula is C13H17Cl2NO4S. The number of aromatic carboxylic acids is 1. The highest BCUT2D eigenvalue weighted by Gasteiger charge is 2.23. The van der Waals surface area contributed by atoms with Crippen molar-refractivity contribution >= 4 is 44.9 Å². The molecule has 118 valence electrons. The van der Waals surface area contributed by atoms with E-state index in [1.807, 2.05) is 20.8 Å². The van der Waals surface area contributed by atoms with Crippen molar-refractivity contribution in [2.45, 2.75) is 27.2 Å². The molecule has 5 nitrogen and oxygen atoms in total. The number of carbonyl (C=O) groups is 1. The third-order valence-electron chi connectivity index (χ3n) is 2.70. The average Bonchev–Trinajstić information content (AvgIpc) is 2.30. The first-order chi connectivity index (χ1) is 9.43. The third-order valence-corrected chi connectivity index (χ3v) is 4.58. The Kier molecular flexibility index (Phi) is 5.52. The second-order valence-electron chi connectivity index (χ2n) is 5.82. The molecule has 0 saturated heterocycles. The van der Waals surface area contributed by atoms with E-state index < -0.39 is 16.0 Å². The lowest BCUT2D eigenvalue weighted by molar-refractivity contribution is 0.0698. The minimum Gasteiger partial charge on any atom is -0.478 e. The van der Waals surface area contributed by atoms with Gasteiger partial charge in [-0.05, 0) is 24.0 Å². The van der Waals surface area contributed by atoms with Crippen molar-refractivity contribution < 1.29 is 18.3 Å². The number of hydrogen-bond acceptors (Lipinski definition) is 3. The summed E-state index contributed by atoms with van der Waals surface area (Å²) in [5.74, 6) is -1.49. The van der Waals surface area contributed by atoms with Gasteiger partial charge in [-0.3, -0.25) is 4.72 Å². The number of carboxylic acid groups (broad SMARTS) is 1. The van der Waals surface area contributed by atoms with Gasteiger partial charge in [0.2, 0.25) is 10.0 Å². The van der Waals surface area contributed by atoms with Gasteiger partial charge < -0.3 is 5.11 Å². The van der Waals surface area contributed by atoms with Gasteiger partial charge in [0.1, 0.15) is 5.56 Å². The summed E-state index contributed by atoms with van der Waals surface area (Å²) in [4.78, 5) is 11.2. The van der Waals surface area contributed by atoms with Crippen molar-refractivity contribution in [3.8, 4) is 0 Å². The zero-order chi connectivity index (χ0) is 16.4. The molecule has 0 aliphatic rings. The van der Waals surface area contributed by atoms with Crippen LogP contribution in [0, 0.1) is 5.41 Å². The van der Waals surface area contributed by atoms with Crippen LogP contribution in [0.25, 0.3) is 0 Å².